The lowest BCUT2D eigenvalue weighted by atomic mass is 10.1. The Balaban J connectivity index is 2.50. The van der Waals surface area contributed by atoms with Gasteiger partial charge in [-0.05, 0) is 33.3 Å². The van der Waals surface area contributed by atoms with Crippen LogP contribution in [0.5, 0.6) is 0 Å². The Labute approximate surface area is 122 Å². The molecule has 0 saturated carbocycles. The van der Waals surface area contributed by atoms with Gasteiger partial charge in [-0.1, -0.05) is 42.5 Å². The first-order valence-corrected chi connectivity index (χ1v) is 7.02. The molecule has 1 atom stereocenters. The van der Waals surface area contributed by atoms with E-state index >= 15 is 0 Å². The zero-order valence-electron chi connectivity index (χ0n) is 12.8. The molecule has 1 aromatic rings. The van der Waals surface area contributed by atoms with Gasteiger partial charge in [0.2, 0.25) is 0 Å². The topological polar surface area (TPSA) is 38.3 Å². The molecule has 0 aromatic heterocycles. The standard InChI is InChI=1S/C17H25NO2/c1-5-9-15(12-16(19)20-17(2,3)4)18-13-14-10-7-6-8-11-14/h5-11,15,18H,12-13H2,1-4H3/b9-5+. The van der Waals surface area contributed by atoms with Crippen LogP contribution in [0.4, 0.5) is 0 Å². The fourth-order valence-corrected chi connectivity index (χ4v) is 1.85. The largest absolute Gasteiger partial charge is 0.460 e. The number of allylic oxidation sites excluding steroid dienone is 1. The zero-order chi connectivity index (χ0) is 15.0. The minimum absolute atomic E-state index is 0.00458. The van der Waals surface area contributed by atoms with Crippen molar-refractivity contribution < 1.29 is 9.53 Å². The van der Waals surface area contributed by atoms with Crippen molar-refractivity contribution in [2.75, 3.05) is 0 Å². The summed E-state index contributed by atoms with van der Waals surface area (Å²) in [6, 6.07) is 10.1. The lowest BCUT2D eigenvalue weighted by molar-refractivity contribution is -0.155. The van der Waals surface area contributed by atoms with E-state index in [0.717, 1.165) is 6.54 Å². The molecule has 110 valence electrons. The van der Waals surface area contributed by atoms with Gasteiger partial charge in [-0.15, -0.1) is 0 Å². The van der Waals surface area contributed by atoms with Crippen molar-refractivity contribution in [3.05, 3.63) is 48.0 Å². The second kappa shape index (κ2) is 7.85. The van der Waals surface area contributed by atoms with Crippen molar-refractivity contribution in [1.29, 1.82) is 0 Å². The summed E-state index contributed by atoms with van der Waals surface area (Å²) in [6.45, 7) is 8.33. The summed E-state index contributed by atoms with van der Waals surface area (Å²) in [6.07, 6.45) is 4.29. The van der Waals surface area contributed by atoms with E-state index in [9.17, 15) is 4.79 Å². The van der Waals surface area contributed by atoms with Gasteiger partial charge in [0.1, 0.15) is 5.60 Å². The summed E-state index contributed by atoms with van der Waals surface area (Å²) in [5, 5.41) is 3.37. The molecule has 3 nitrogen and oxygen atoms in total. The summed E-state index contributed by atoms with van der Waals surface area (Å²) >= 11 is 0. The number of esters is 1. The van der Waals surface area contributed by atoms with Gasteiger partial charge in [-0.25, -0.2) is 0 Å². The monoisotopic (exact) mass is 275 g/mol. The Bertz CT molecular complexity index is 432. The van der Waals surface area contributed by atoms with Crippen LogP contribution in [0, 0.1) is 0 Å². The molecule has 0 saturated heterocycles. The highest BCUT2D eigenvalue weighted by Gasteiger charge is 2.18. The van der Waals surface area contributed by atoms with E-state index in [1.54, 1.807) is 0 Å². The maximum Gasteiger partial charge on any atom is 0.308 e. The van der Waals surface area contributed by atoms with Crippen LogP contribution in [-0.4, -0.2) is 17.6 Å². The lowest BCUT2D eigenvalue weighted by Gasteiger charge is -2.21. The first-order chi connectivity index (χ1) is 9.40. The lowest BCUT2D eigenvalue weighted by Crippen LogP contribution is -2.32. The summed E-state index contributed by atoms with van der Waals surface area (Å²) in [5.74, 6) is -0.179. The molecule has 0 spiro atoms. The van der Waals surface area contributed by atoms with E-state index in [0.29, 0.717) is 6.42 Å². The Hall–Kier alpha value is -1.61. The van der Waals surface area contributed by atoms with Crippen LogP contribution < -0.4 is 5.32 Å². The molecule has 1 aromatic carbocycles. The predicted octanol–water partition coefficient (Wildman–Crippen LogP) is 3.45. The predicted molar refractivity (Wildman–Crippen MR) is 82.3 cm³/mol. The molecule has 0 aliphatic heterocycles. The first-order valence-electron chi connectivity index (χ1n) is 7.02. The normalized spacial score (nSPS) is 13.4. The second-order valence-corrected chi connectivity index (χ2v) is 5.79. The Morgan fingerprint density at radius 1 is 1.30 bits per heavy atom. The molecule has 0 fully saturated rings. The number of carbonyl (C=O) groups is 1. The van der Waals surface area contributed by atoms with Crippen LogP contribution in [0.1, 0.15) is 39.7 Å². The molecule has 0 aliphatic rings. The zero-order valence-corrected chi connectivity index (χ0v) is 12.8. The third kappa shape index (κ3) is 7.10. The minimum atomic E-state index is -0.434. The van der Waals surface area contributed by atoms with Crippen LogP contribution in [0.2, 0.25) is 0 Å². The van der Waals surface area contributed by atoms with Crippen molar-refractivity contribution in [2.45, 2.75) is 52.3 Å². The Morgan fingerprint density at radius 2 is 1.95 bits per heavy atom. The maximum absolute atomic E-state index is 11.9. The third-order valence-corrected chi connectivity index (χ3v) is 2.64. The van der Waals surface area contributed by atoms with E-state index in [4.69, 9.17) is 4.74 Å². The highest BCUT2D eigenvalue weighted by molar-refractivity contribution is 5.71. The van der Waals surface area contributed by atoms with Gasteiger partial charge in [0.15, 0.2) is 0 Å². The molecule has 1 N–H and O–H groups in total. The molecular weight excluding hydrogens is 250 g/mol. The van der Waals surface area contributed by atoms with Gasteiger partial charge < -0.3 is 10.1 Å². The van der Waals surface area contributed by atoms with E-state index in [1.807, 2.05) is 58.0 Å². The number of rotatable bonds is 6. The summed E-state index contributed by atoms with van der Waals surface area (Å²) in [5.41, 5.74) is 0.767. The van der Waals surface area contributed by atoms with Gasteiger partial charge in [-0.3, -0.25) is 4.79 Å². The number of hydrogen-bond acceptors (Lipinski definition) is 3. The Morgan fingerprint density at radius 3 is 2.50 bits per heavy atom. The van der Waals surface area contributed by atoms with Crippen LogP contribution in [0.15, 0.2) is 42.5 Å². The van der Waals surface area contributed by atoms with E-state index in [-0.39, 0.29) is 12.0 Å². The van der Waals surface area contributed by atoms with Crippen molar-refractivity contribution in [1.82, 2.24) is 5.32 Å². The van der Waals surface area contributed by atoms with Crippen molar-refractivity contribution in [3.8, 4) is 0 Å². The number of ether oxygens (including phenoxy) is 1. The average Bonchev–Trinajstić information content (AvgIpc) is 2.35. The summed E-state index contributed by atoms with van der Waals surface area (Å²) in [7, 11) is 0. The average molecular weight is 275 g/mol. The molecule has 1 unspecified atom stereocenters. The number of benzene rings is 1. The van der Waals surface area contributed by atoms with Crippen LogP contribution in [-0.2, 0) is 16.1 Å². The summed E-state index contributed by atoms with van der Waals surface area (Å²) < 4.78 is 5.35. The number of hydrogen-bond donors (Lipinski definition) is 1. The Kier molecular flexibility index (Phi) is 6.46. The fraction of sp³-hybridized carbons (Fsp3) is 0.471. The van der Waals surface area contributed by atoms with Gasteiger partial charge in [-0.2, -0.15) is 0 Å². The van der Waals surface area contributed by atoms with Crippen molar-refractivity contribution in [3.63, 3.8) is 0 Å². The van der Waals surface area contributed by atoms with E-state index in [1.165, 1.54) is 5.56 Å². The van der Waals surface area contributed by atoms with Gasteiger partial charge in [0.25, 0.3) is 0 Å². The number of carbonyl (C=O) groups excluding carboxylic acids is 1. The molecule has 1 rings (SSSR count). The molecule has 3 heteroatoms. The molecule has 0 bridgehead atoms. The SMILES string of the molecule is C/C=C/C(CC(=O)OC(C)(C)C)NCc1ccccc1. The highest BCUT2D eigenvalue weighted by Crippen LogP contribution is 2.10. The maximum atomic E-state index is 11.9. The first kappa shape index (κ1) is 16.4. The van der Waals surface area contributed by atoms with E-state index in [2.05, 4.69) is 17.4 Å². The van der Waals surface area contributed by atoms with Gasteiger partial charge in [0.05, 0.1) is 6.42 Å². The molecule has 0 radical (unpaired) electrons. The molecule has 20 heavy (non-hydrogen) atoms. The summed E-state index contributed by atoms with van der Waals surface area (Å²) in [4.78, 5) is 11.9. The fourth-order valence-electron chi connectivity index (χ4n) is 1.85. The van der Waals surface area contributed by atoms with Crippen LogP contribution >= 0.6 is 0 Å². The van der Waals surface area contributed by atoms with Gasteiger partial charge in [0, 0.05) is 12.6 Å². The molecule has 0 aliphatic carbocycles. The molecule has 0 heterocycles. The van der Waals surface area contributed by atoms with Crippen LogP contribution in [0.3, 0.4) is 0 Å². The smallest absolute Gasteiger partial charge is 0.308 e. The third-order valence-electron chi connectivity index (χ3n) is 2.64. The molecular formula is C17H25NO2. The van der Waals surface area contributed by atoms with Crippen molar-refractivity contribution in [2.24, 2.45) is 0 Å². The van der Waals surface area contributed by atoms with E-state index < -0.39 is 5.60 Å². The minimum Gasteiger partial charge on any atom is -0.460 e. The second-order valence-electron chi connectivity index (χ2n) is 5.79. The van der Waals surface area contributed by atoms with Crippen LogP contribution in [0.25, 0.3) is 0 Å². The number of nitrogens with one attached hydrogen (secondary N) is 1. The quantitative estimate of drug-likeness (QED) is 0.638. The molecule has 0 amide bonds. The van der Waals surface area contributed by atoms with Crippen molar-refractivity contribution >= 4 is 5.97 Å². The highest BCUT2D eigenvalue weighted by atomic mass is 16.6. The van der Waals surface area contributed by atoms with Gasteiger partial charge >= 0.3 is 5.97 Å².